The van der Waals surface area contributed by atoms with E-state index in [0.29, 0.717) is 6.04 Å². The predicted octanol–water partition coefficient (Wildman–Crippen LogP) is 0.712. The molecule has 1 fully saturated rings. The summed E-state index contributed by atoms with van der Waals surface area (Å²) in [6.07, 6.45) is 3.39. The van der Waals surface area contributed by atoms with Gasteiger partial charge in [-0.3, -0.25) is 0 Å². The molecule has 0 aromatic carbocycles. The maximum atomic E-state index is 8.48. The molecule has 2 unspecified atom stereocenters. The van der Waals surface area contributed by atoms with Crippen LogP contribution in [0.1, 0.15) is 26.2 Å². The molecule has 0 aliphatic carbocycles. The van der Waals surface area contributed by atoms with E-state index in [4.69, 9.17) is 11.0 Å². The highest BCUT2D eigenvalue weighted by atomic mass is 15.2. The number of hydrogen-bond acceptors (Lipinski definition) is 3. The average Bonchev–Trinajstić information content (AvgIpc) is 2.47. The van der Waals surface area contributed by atoms with Crippen LogP contribution in [0.5, 0.6) is 0 Å². The normalized spacial score (nSPS) is 26.9. The maximum Gasteiger partial charge on any atom is 0.0940 e. The summed E-state index contributed by atoms with van der Waals surface area (Å²) in [6, 6.07) is 2.47. The van der Waals surface area contributed by atoms with E-state index >= 15 is 0 Å². The van der Waals surface area contributed by atoms with Gasteiger partial charge in [0.25, 0.3) is 0 Å². The minimum atomic E-state index is -0.280. The molecule has 3 nitrogen and oxygen atoms in total. The molecule has 1 saturated heterocycles. The van der Waals surface area contributed by atoms with Crippen LogP contribution in [0.25, 0.3) is 0 Å². The van der Waals surface area contributed by atoms with E-state index in [1.165, 1.54) is 19.4 Å². The second-order valence-electron chi connectivity index (χ2n) is 3.55. The molecule has 0 aromatic rings. The molecule has 0 amide bonds. The molecule has 0 saturated carbocycles. The number of nitriles is 1. The van der Waals surface area contributed by atoms with Crippen LogP contribution >= 0.6 is 0 Å². The molecular weight excluding hydrogens is 150 g/mol. The van der Waals surface area contributed by atoms with Crippen molar-refractivity contribution < 1.29 is 0 Å². The van der Waals surface area contributed by atoms with Crippen LogP contribution in [0.3, 0.4) is 0 Å². The number of nitrogens with zero attached hydrogens (tertiary/aromatic N) is 2. The lowest BCUT2D eigenvalue weighted by Crippen LogP contribution is -2.32. The minimum absolute atomic E-state index is 0.280. The average molecular weight is 167 g/mol. The van der Waals surface area contributed by atoms with Crippen LogP contribution in [-0.4, -0.2) is 30.1 Å². The summed E-state index contributed by atoms with van der Waals surface area (Å²) in [5.74, 6) is 0. The van der Waals surface area contributed by atoms with Crippen LogP contribution in [0.15, 0.2) is 0 Å². The summed E-state index contributed by atoms with van der Waals surface area (Å²) in [6.45, 7) is 4.40. The Bertz CT molecular complexity index is 173. The zero-order valence-corrected chi connectivity index (χ0v) is 7.66. The fourth-order valence-electron chi connectivity index (χ4n) is 1.69. The number of nitrogens with two attached hydrogens (primary N) is 1. The van der Waals surface area contributed by atoms with Crippen LogP contribution in [0.2, 0.25) is 0 Å². The molecule has 0 bridgehead atoms. The van der Waals surface area contributed by atoms with E-state index in [1.807, 2.05) is 0 Å². The second kappa shape index (κ2) is 4.44. The maximum absolute atomic E-state index is 8.48. The van der Waals surface area contributed by atoms with Gasteiger partial charge in [-0.2, -0.15) is 5.26 Å². The molecule has 0 radical (unpaired) electrons. The Morgan fingerprint density at radius 2 is 2.50 bits per heavy atom. The van der Waals surface area contributed by atoms with Gasteiger partial charge >= 0.3 is 0 Å². The second-order valence-corrected chi connectivity index (χ2v) is 3.55. The molecule has 1 rings (SSSR count). The van der Waals surface area contributed by atoms with Gasteiger partial charge < -0.3 is 10.6 Å². The molecule has 3 heteroatoms. The first kappa shape index (κ1) is 9.50. The van der Waals surface area contributed by atoms with Gasteiger partial charge in [-0.25, -0.2) is 0 Å². The van der Waals surface area contributed by atoms with Crippen molar-refractivity contribution >= 4 is 0 Å². The monoisotopic (exact) mass is 167 g/mol. The summed E-state index contributed by atoms with van der Waals surface area (Å²) in [4.78, 5) is 2.41. The Kier molecular flexibility index (Phi) is 3.51. The standard InChI is InChI=1S/C9H17N3/c1-8-3-2-5-12(8)6-4-9(11)7-10/h8-9H,2-6,11H2,1H3. The van der Waals surface area contributed by atoms with Crippen LogP contribution in [0, 0.1) is 11.3 Å². The third-order valence-electron chi connectivity index (χ3n) is 2.58. The Balaban J connectivity index is 2.19. The highest BCUT2D eigenvalue weighted by Gasteiger charge is 2.19. The molecule has 0 spiro atoms. The lowest BCUT2D eigenvalue weighted by molar-refractivity contribution is 0.263. The van der Waals surface area contributed by atoms with Crippen molar-refractivity contribution in [2.24, 2.45) is 5.73 Å². The summed E-state index contributed by atoms with van der Waals surface area (Å²) >= 11 is 0. The SMILES string of the molecule is CC1CCCN1CCC(N)C#N. The topological polar surface area (TPSA) is 53.0 Å². The highest BCUT2D eigenvalue weighted by molar-refractivity contribution is 4.88. The van der Waals surface area contributed by atoms with Crippen molar-refractivity contribution in [3.05, 3.63) is 0 Å². The smallest absolute Gasteiger partial charge is 0.0940 e. The molecule has 12 heavy (non-hydrogen) atoms. The zero-order chi connectivity index (χ0) is 8.97. The van der Waals surface area contributed by atoms with E-state index in [0.717, 1.165) is 13.0 Å². The van der Waals surface area contributed by atoms with Crippen molar-refractivity contribution in [2.75, 3.05) is 13.1 Å². The Morgan fingerprint density at radius 3 is 3.00 bits per heavy atom. The van der Waals surface area contributed by atoms with Gasteiger partial charge in [0.2, 0.25) is 0 Å². The van der Waals surface area contributed by atoms with Gasteiger partial charge in [0.05, 0.1) is 12.1 Å². The first-order valence-electron chi connectivity index (χ1n) is 4.63. The largest absolute Gasteiger partial charge is 0.316 e. The Hall–Kier alpha value is -0.590. The van der Waals surface area contributed by atoms with Gasteiger partial charge in [0.1, 0.15) is 0 Å². The van der Waals surface area contributed by atoms with E-state index < -0.39 is 0 Å². The Labute approximate surface area is 74.1 Å². The summed E-state index contributed by atoms with van der Waals surface area (Å²) < 4.78 is 0. The summed E-state index contributed by atoms with van der Waals surface area (Å²) in [5, 5.41) is 8.48. The highest BCUT2D eigenvalue weighted by Crippen LogP contribution is 2.16. The van der Waals surface area contributed by atoms with Crippen molar-refractivity contribution in [3.63, 3.8) is 0 Å². The molecule has 2 atom stereocenters. The van der Waals surface area contributed by atoms with E-state index in [2.05, 4.69) is 17.9 Å². The molecule has 2 N–H and O–H groups in total. The summed E-state index contributed by atoms with van der Waals surface area (Å²) in [7, 11) is 0. The number of hydrogen-bond donors (Lipinski definition) is 1. The Morgan fingerprint density at radius 1 is 1.75 bits per heavy atom. The molecule has 68 valence electrons. The molecule has 0 aromatic heterocycles. The number of likely N-dealkylation sites (tertiary alicyclic amines) is 1. The van der Waals surface area contributed by atoms with Crippen LogP contribution in [-0.2, 0) is 0 Å². The van der Waals surface area contributed by atoms with Crippen LogP contribution in [0.4, 0.5) is 0 Å². The lowest BCUT2D eigenvalue weighted by Gasteiger charge is -2.20. The van der Waals surface area contributed by atoms with E-state index in [9.17, 15) is 0 Å². The van der Waals surface area contributed by atoms with Crippen molar-refractivity contribution in [2.45, 2.75) is 38.3 Å². The fourth-order valence-corrected chi connectivity index (χ4v) is 1.69. The molecule has 1 aliphatic heterocycles. The quantitative estimate of drug-likeness (QED) is 0.673. The van der Waals surface area contributed by atoms with Gasteiger partial charge in [-0.05, 0) is 32.7 Å². The first-order valence-corrected chi connectivity index (χ1v) is 4.63. The van der Waals surface area contributed by atoms with Gasteiger partial charge in [-0.15, -0.1) is 0 Å². The molecular formula is C9H17N3. The third-order valence-corrected chi connectivity index (χ3v) is 2.58. The van der Waals surface area contributed by atoms with Gasteiger partial charge in [0, 0.05) is 12.6 Å². The van der Waals surface area contributed by atoms with E-state index in [-0.39, 0.29) is 6.04 Å². The van der Waals surface area contributed by atoms with Crippen LogP contribution < -0.4 is 5.73 Å². The molecule has 1 aliphatic rings. The third kappa shape index (κ3) is 2.47. The van der Waals surface area contributed by atoms with Crippen molar-refractivity contribution in [3.8, 4) is 6.07 Å². The first-order chi connectivity index (χ1) is 5.74. The fraction of sp³-hybridized carbons (Fsp3) is 0.889. The predicted molar refractivity (Wildman–Crippen MR) is 48.5 cm³/mol. The lowest BCUT2D eigenvalue weighted by atomic mass is 10.2. The molecule has 1 heterocycles. The van der Waals surface area contributed by atoms with Gasteiger partial charge in [-0.1, -0.05) is 0 Å². The number of rotatable bonds is 3. The van der Waals surface area contributed by atoms with Crippen molar-refractivity contribution in [1.82, 2.24) is 4.90 Å². The van der Waals surface area contributed by atoms with E-state index in [1.54, 1.807) is 0 Å². The van der Waals surface area contributed by atoms with Gasteiger partial charge in [0.15, 0.2) is 0 Å². The zero-order valence-electron chi connectivity index (χ0n) is 7.66. The van der Waals surface area contributed by atoms with Crippen molar-refractivity contribution in [1.29, 1.82) is 5.26 Å². The summed E-state index contributed by atoms with van der Waals surface area (Å²) in [5.41, 5.74) is 5.51. The minimum Gasteiger partial charge on any atom is -0.316 e.